The van der Waals surface area contributed by atoms with Crippen LogP contribution in [0.3, 0.4) is 0 Å². The lowest BCUT2D eigenvalue weighted by Gasteiger charge is -2.12. The first-order chi connectivity index (χ1) is 8.37. The third-order valence-electron chi connectivity index (χ3n) is 2.64. The fraction of sp³-hybridized carbons (Fsp3) is 0.364. The molecule has 0 saturated carbocycles. The lowest BCUT2D eigenvalue weighted by molar-refractivity contribution is -0.118. The number of carbonyl (C=O) groups excluding carboxylic acids is 1. The molecule has 18 heavy (non-hydrogen) atoms. The summed E-state index contributed by atoms with van der Waals surface area (Å²) in [6.45, 7) is -0.516. The molecule has 0 radical (unpaired) electrons. The first-order valence-electron chi connectivity index (χ1n) is 5.28. The normalized spacial score (nSPS) is 21.8. The van der Waals surface area contributed by atoms with Crippen molar-refractivity contribution in [3.05, 3.63) is 23.2 Å². The molecule has 1 unspecified atom stereocenters. The van der Waals surface area contributed by atoms with Crippen molar-refractivity contribution in [2.24, 2.45) is 0 Å². The molecule has 1 aromatic rings. The Labute approximate surface area is 107 Å². The number of rotatable bonds is 2. The summed E-state index contributed by atoms with van der Waals surface area (Å²) in [5.74, 6) is -3.69. The zero-order chi connectivity index (χ0) is 13.3. The van der Waals surface area contributed by atoms with E-state index in [0.29, 0.717) is 5.02 Å². The van der Waals surface area contributed by atoms with E-state index in [1.165, 1.54) is 18.2 Å². The topological polar surface area (TPSA) is 61.4 Å². The standard InChI is InChI=1S/C11H11ClF2N2O2/c12-6-1-2-7(9(17)3-6)16-10(18)8-4-11(13,14)5-15-8/h1-3,8,15,17H,4-5H2,(H,16,18). The molecule has 0 aliphatic carbocycles. The highest BCUT2D eigenvalue weighted by Gasteiger charge is 2.42. The van der Waals surface area contributed by atoms with E-state index >= 15 is 0 Å². The zero-order valence-electron chi connectivity index (χ0n) is 9.21. The quantitative estimate of drug-likeness (QED) is 0.724. The van der Waals surface area contributed by atoms with Gasteiger partial charge in [-0.1, -0.05) is 11.6 Å². The van der Waals surface area contributed by atoms with Gasteiger partial charge in [-0.15, -0.1) is 0 Å². The van der Waals surface area contributed by atoms with Crippen LogP contribution < -0.4 is 10.6 Å². The number of alkyl halides is 2. The van der Waals surface area contributed by atoms with Gasteiger partial charge < -0.3 is 10.4 Å². The van der Waals surface area contributed by atoms with Gasteiger partial charge in [-0.3, -0.25) is 10.1 Å². The highest BCUT2D eigenvalue weighted by Crippen LogP contribution is 2.29. The van der Waals surface area contributed by atoms with E-state index in [2.05, 4.69) is 10.6 Å². The van der Waals surface area contributed by atoms with Gasteiger partial charge in [0.1, 0.15) is 5.75 Å². The Balaban J connectivity index is 2.04. The van der Waals surface area contributed by atoms with Crippen LogP contribution in [0.2, 0.25) is 5.02 Å². The van der Waals surface area contributed by atoms with Crippen LogP contribution in [-0.4, -0.2) is 29.5 Å². The van der Waals surface area contributed by atoms with Gasteiger partial charge in [-0.05, 0) is 12.1 Å². The van der Waals surface area contributed by atoms with Crippen LogP contribution in [0.1, 0.15) is 6.42 Å². The molecular formula is C11H11ClF2N2O2. The minimum absolute atomic E-state index is 0.140. The van der Waals surface area contributed by atoms with Crippen molar-refractivity contribution in [3.8, 4) is 5.75 Å². The van der Waals surface area contributed by atoms with Crippen molar-refractivity contribution in [2.45, 2.75) is 18.4 Å². The molecule has 1 amide bonds. The van der Waals surface area contributed by atoms with E-state index in [4.69, 9.17) is 11.6 Å². The van der Waals surface area contributed by atoms with Crippen molar-refractivity contribution in [1.29, 1.82) is 0 Å². The van der Waals surface area contributed by atoms with Crippen LogP contribution >= 0.6 is 11.6 Å². The lowest BCUT2D eigenvalue weighted by atomic mass is 10.2. The molecule has 0 aromatic heterocycles. The fourth-order valence-corrected chi connectivity index (χ4v) is 1.90. The van der Waals surface area contributed by atoms with Crippen molar-refractivity contribution in [1.82, 2.24) is 5.32 Å². The third kappa shape index (κ3) is 2.88. The van der Waals surface area contributed by atoms with Crippen LogP contribution in [0.15, 0.2) is 18.2 Å². The van der Waals surface area contributed by atoms with Gasteiger partial charge in [0, 0.05) is 17.5 Å². The molecule has 1 aliphatic heterocycles. The number of phenols is 1. The molecule has 2 rings (SSSR count). The Kier molecular flexibility index (Phi) is 3.41. The Hall–Kier alpha value is -1.40. The van der Waals surface area contributed by atoms with Gasteiger partial charge in [-0.25, -0.2) is 8.78 Å². The predicted octanol–water partition coefficient (Wildman–Crippen LogP) is 1.98. The molecule has 1 aromatic carbocycles. The Bertz CT molecular complexity index is 482. The van der Waals surface area contributed by atoms with Gasteiger partial charge in [0.25, 0.3) is 5.92 Å². The Morgan fingerprint density at radius 3 is 2.83 bits per heavy atom. The monoisotopic (exact) mass is 276 g/mol. The molecule has 1 saturated heterocycles. The summed E-state index contributed by atoms with van der Waals surface area (Å²) < 4.78 is 25.8. The SMILES string of the molecule is O=C(Nc1ccc(Cl)cc1O)C1CC(F)(F)CN1. The summed E-state index contributed by atoms with van der Waals surface area (Å²) in [5, 5.41) is 14.6. The highest BCUT2D eigenvalue weighted by molar-refractivity contribution is 6.30. The van der Waals surface area contributed by atoms with E-state index in [9.17, 15) is 18.7 Å². The molecule has 1 fully saturated rings. The highest BCUT2D eigenvalue weighted by atomic mass is 35.5. The molecule has 3 N–H and O–H groups in total. The van der Waals surface area contributed by atoms with Gasteiger partial charge >= 0.3 is 0 Å². The number of phenolic OH excluding ortho intramolecular Hbond substituents is 1. The Morgan fingerprint density at radius 2 is 2.28 bits per heavy atom. The molecule has 1 heterocycles. The van der Waals surface area contributed by atoms with E-state index in [1.54, 1.807) is 0 Å². The largest absolute Gasteiger partial charge is 0.506 e. The maximum atomic E-state index is 12.9. The summed E-state index contributed by atoms with van der Waals surface area (Å²) in [4.78, 5) is 11.7. The number of hydrogen-bond donors (Lipinski definition) is 3. The smallest absolute Gasteiger partial charge is 0.262 e. The number of aromatic hydroxyl groups is 1. The molecule has 98 valence electrons. The Morgan fingerprint density at radius 1 is 1.56 bits per heavy atom. The number of hydrogen-bond acceptors (Lipinski definition) is 3. The molecule has 0 spiro atoms. The average Bonchev–Trinajstić information content (AvgIpc) is 2.63. The van der Waals surface area contributed by atoms with E-state index in [-0.39, 0.29) is 11.4 Å². The van der Waals surface area contributed by atoms with Crippen molar-refractivity contribution < 1.29 is 18.7 Å². The lowest BCUT2D eigenvalue weighted by Crippen LogP contribution is -2.35. The van der Waals surface area contributed by atoms with E-state index < -0.39 is 30.8 Å². The van der Waals surface area contributed by atoms with Crippen LogP contribution in [0, 0.1) is 0 Å². The molecule has 1 atom stereocenters. The molecule has 0 bridgehead atoms. The van der Waals surface area contributed by atoms with E-state index in [0.717, 1.165) is 0 Å². The second kappa shape index (κ2) is 4.70. The summed E-state index contributed by atoms with van der Waals surface area (Å²) in [6, 6.07) is 3.18. The summed E-state index contributed by atoms with van der Waals surface area (Å²) in [6.07, 6.45) is -0.548. The second-order valence-corrected chi connectivity index (χ2v) is 4.58. The minimum Gasteiger partial charge on any atom is -0.506 e. The van der Waals surface area contributed by atoms with Crippen LogP contribution in [0.25, 0.3) is 0 Å². The van der Waals surface area contributed by atoms with Gasteiger partial charge in [-0.2, -0.15) is 0 Å². The van der Waals surface area contributed by atoms with Gasteiger partial charge in [0.05, 0.1) is 18.3 Å². The summed E-state index contributed by atoms with van der Waals surface area (Å²) >= 11 is 5.63. The van der Waals surface area contributed by atoms with Crippen molar-refractivity contribution in [2.75, 3.05) is 11.9 Å². The minimum atomic E-state index is -2.87. The van der Waals surface area contributed by atoms with Crippen molar-refractivity contribution >= 4 is 23.2 Å². The molecular weight excluding hydrogens is 266 g/mol. The maximum Gasteiger partial charge on any atom is 0.262 e. The van der Waals surface area contributed by atoms with Crippen molar-refractivity contribution in [3.63, 3.8) is 0 Å². The number of halogens is 3. The zero-order valence-corrected chi connectivity index (χ0v) is 9.97. The maximum absolute atomic E-state index is 12.9. The van der Waals surface area contributed by atoms with Crippen LogP contribution in [0.4, 0.5) is 14.5 Å². The number of benzene rings is 1. The third-order valence-corrected chi connectivity index (χ3v) is 2.88. The van der Waals surface area contributed by atoms with E-state index in [1.807, 2.05) is 0 Å². The second-order valence-electron chi connectivity index (χ2n) is 4.14. The molecule has 4 nitrogen and oxygen atoms in total. The van der Waals surface area contributed by atoms with Crippen LogP contribution in [-0.2, 0) is 4.79 Å². The van der Waals surface area contributed by atoms with Gasteiger partial charge in [0.15, 0.2) is 0 Å². The predicted molar refractivity (Wildman–Crippen MR) is 63.1 cm³/mol. The van der Waals surface area contributed by atoms with Gasteiger partial charge in [0.2, 0.25) is 5.91 Å². The number of amides is 1. The molecule has 7 heteroatoms. The number of nitrogens with one attached hydrogen (secondary N) is 2. The number of carbonyl (C=O) groups is 1. The molecule has 1 aliphatic rings. The first kappa shape index (κ1) is 13.0. The average molecular weight is 277 g/mol. The van der Waals surface area contributed by atoms with Crippen LogP contribution in [0.5, 0.6) is 5.75 Å². The summed E-state index contributed by atoms with van der Waals surface area (Å²) in [5.41, 5.74) is 0.140. The number of anilines is 1. The first-order valence-corrected chi connectivity index (χ1v) is 5.66. The fourth-order valence-electron chi connectivity index (χ4n) is 1.73. The summed E-state index contributed by atoms with van der Waals surface area (Å²) in [7, 11) is 0.